The Morgan fingerprint density at radius 3 is 2.90 bits per heavy atom. The van der Waals surface area contributed by atoms with Gasteiger partial charge in [0.2, 0.25) is 0 Å². The second-order valence-electron chi connectivity index (χ2n) is 5.39. The summed E-state index contributed by atoms with van der Waals surface area (Å²) >= 11 is 1.42. The Labute approximate surface area is 128 Å². The Balaban J connectivity index is 2.00. The maximum Gasteiger partial charge on any atom is 0.271 e. The van der Waals surface area contributed by atoms with E-state index in [1.807, 2.05) is 26.8 Å². The number of hydrogen-bond donors (Lipinski definition) is 2. The van der Waals surface area contributed by atoms with E-state index in [0.29, 0.717) is 28.8 Å². The van der Waals surface area contributed by atoms with E-state index >= 15 is 0 Å². The number of aliphatic hydroxyl groups is 1. The van der Waals surface area contributed by atoms with Crippen molar-refractivity contribution < 1.29 is 14.3 Å². The molecule has 114 valence electrons. The summed E-state index contributed by atoms with van der Waals surface area (Å²) < 4.78 is 5.29. The van der Waals surface area contributed by atoms with Gasteiger partial charge in [0.15, 0.2) is 10.8 Å². The van der Waals surface area contributed by atoms with E-state index in [9.17, 15) is 9.90 Å². The van der Waals surface area contributed by atoms with Crippen molar-refractivity contribution in [3.8, 4) is 10.8 Å². The van der Waals surface area contributed by atoms with Gasteiger partial charge in [-0.05, 0) is 31.4 Å². The maximum absolute atomic E-state index is 12.1. The van der Waals surface area contributed by atoms with Crippen molar-refractivity contribution in [2.75, 3.05) is 6.54 Å². The predicted molar refractivity (Wildman–Crippen MR) is 82.3 cm³/mol. The van der Waals surface area contributed by atoms with Crippen LogP contribution >= 0.6 is 11.3 Å². The zero-order valence-corrected chi connectivity index (χ0v) is 13.2. The molecule has 5 nitrogen and oxygen atoms in total. The van der Waals surface area contributed by atoms with Gasteiger partial charge in [-0.15, -0.1) is 11.3 Å². The number of aromatic nitrogens is 1. The van der Waals surface area contributed by atoms with Crippen LogP contribution in [0.5, 0.6) is 0 Å². The van der Waals surface area contributed by atoms with Crippen molar-refractivity contribution in [3.05, 3.63) is 29.0 Å². The zero-order valence-electron chi connectivity index (χ0n) is 12.4. The fourth-order valence-corrected chi connectivity index (χ4v) is 2.91. The first-order valence-electron chi connectivity index (χ1n) is 6.95. The van der Waals surface area contributed by atoms with Crippen molar-refractivity contribution in [2.24, 2.45) is 5.92 Å². The largest absolute Gasteiger partial charge is 0.462 e. The molecule has 0 fully saturated rings. The number of furan rings is 1. The number of aryl methyl sites for hydroxylation is 1. The molecular weight excluding hydrogens is 288 g/mol. The van der Waals surface area contributed by atoms with E-state index in [1.54, 1.807) is 12.3 Å². The lowest BCUT2D eigenvalue weighted by molar-refractivity contribution is 0.0895. The fraction of sp³-hybridized carbons (Fsp3) is 0.467. The highest BCUT2D eigenvalue weighted by Gasteiger charge is 2.18. The van der Waals surface area contributed by atoms with E-state index in [1.165, 1.54) is 11.3 Å². The molecule has 0 saturated heterocycles. The number of carbonyl (C=O) groups is 1. The molecule has 21 heavy (non-hydrogen) atoms. The molecule has 0 aromatic carbocycles. The van der Waals surface area contributed by atoms with Gasteiger partial charge in [0.05, 0.1) is 12.4 Å². The van der Waals surface area contributed by atoms with Crippen molar-refractivity contribution in [1.82, 2.24) is 10.3 Å². The molecule has 0 saturated carbocycles. The highest BCUT2D eigenvalue weighted by molar-refractivity contribution is 7.15. The number of nitrogens with zero attached hydrogens (tertiary/aromatic N) is 1. The maximum atomic E-state index is 12.1. The van der Waals surface area contributed by atoms with Crippen molar-refractivity contribution in [3.63, 3.8) is 0 Å². The third-order valence-corrected chi connectivity index (χ3v) is 3.97. The van der Waals surface area contributed by atoms with Gasteiger partial charge in [0.1, 0.15) is 5.69 Å². The zero-order chi connectivity index (χ0) is 15.4. The predicted octanol–water partition coefficient (Wildman–Crippen LogP) is 2.85. The third-order valence-electron chi connectivity index (χ3n) is 2.99. The van der Waals surface area contributed by atoms with Gasteiger partial charge < -0.3 is 14.8 Å². The monoisotopic (exact) mass is 308 g/mol. The van der Waals surface area contributed by atoms with E-state index in [2.05, 4.69) is 10.3 Å². The summed E-state index contributed by atoms with van der Waals surface area (Å²) in [5.41, 5.74) is 0.392. The fourth-order valence-electron chi connectivity index (χ4n) is 2.03. The minimum absolute atomic E-state index is 0.240. The van der Waals surface area contributed by atoms with Crippen LogP contribution in [0.25, 0.3) is 10.8 Å². The lowest BCUT2D eigenvalue weighted by Gasteiger charge is -2.13. The summed E-state index contributed by atoms with van der Waals surface area (Å²) in [6.07, 6.45) is 1.71. The molecule has 1 unspecified atom stereocenters. The minimum Gasteiger partial charge on any atom is -0.462 e. The summed E-state index contributed by atoms with van der Waals surface area (Å²) in [7, 11) is 0. The highest BCUT2D eigenvalue weighted by atomic mass is 32.1. The second kappa shape index (κ2) is 6.87. The molecular formula is C15H20N2O3S. The second-order valence-corrected chi connectivity index (χ2v) is 6.60. The first-order valence-corrected chi connectivity index (χ1v) is 7.76. The number of carbonyl (C=O) groups excluding carboxylic acids is 1. The molecule has 1 amide bonds. The van der Waals surface area contributed by atoms with Crippen LogP contribution in [0.15, 0.2) is 22.8 Å². The van der Waals surface area contributed by atoms with Crippen LogP contribution in [0.2, 0.25) is 0 Å². The van der Waals surface area contributed by atoms with E-state index in [0.717, 1.165) is 4.88 Å². The van der Waals surface area contributed by atoms with Crippen molar-refractivity contribution >= 4 is 17.2 Å². The van der Waals surface area contributed by atoms with Crippen LogP contribution in [0.1, 0.15) is 35.6 Å². The smallest absolute Gasteiger partial charge is 0.271 e. The summed E-state index contributed by atoms with van der Waals surface area (Å²) in [6.45, 7) is 6.16. The molecule has 0 aliphatic carbocycles. The number of aliphatic hydroxyl groups excluding tert-OH is 1. The van der Waals surface area contributed by atoms with E-state index < -0.39 is 6.10 Å². The van der Waals surface area contributed by atoms with Crippen molar-refractivity contribution in [1.29, 1.82) is 0 Å². The normalized spacial score (nSPS) is 12.6. The third kappa shape index (κ3) is 4.15. The highest BCUT2D eigenvalue weighted by Crippen LogP contribution is 2.27. The van der Waals surface area contributed by atoms with Crippen LogP contribution in [0.4, 0.5) is 0 Å². The van der Waals surface area contributed by atoms with Crippen molar-refractivity contribution in [2.45, 2.75) is 33.3 Å². The summed E-state index contributed by atoms with van der Waals surface area (Å²) in [6, 6.07) is 3.60. The summed E-state index contributed by atoms with van der Waals surface area (Å²) in [4.78, 5) is 17.3. The van der Waals surface area contributed by atoms with Crippen LogP contribution in [-0.2, 0) is 0 Å². The molecule has 2 aromatic heterocycles. The summed E-state index contributed by atoms with van der Waals surface area (Å²) in [5, 5.41) is 13.2. The van der Waals surface area contributed by atoms with Gasteiger partial charge in [-0.2, -0.15) is 0 Å². The van der Waals surface area contributed by atoms with Gasteiger partial charge in [-0.3, -0.25) is 4.79 Å². The molecule has 2 aromatic rings. The van der Waals surface area contributed by atoms with Crippen LogP contribution < -0.4 is 5.32 Å². The molecule has 2 N–H and O–H groups in total. The molecule has 2 heterocycles. The topological polar surface area (TPSA) is 75.4 Å². The summed E-state index contributed by atoms with van der Waals surface area (Å²) in [5.74, 6) is 0.787. The van der Waals surface area contributed by atoms with Crippen LogP contribution in [0.3, 0.4) is 0 Å². The van der Waals surface area contributed by atoms with Gasteiger partial charge in [0, 0.05) is 11.4 Å². The quantitative estimate of drug-likeness (QED) is 0.860. The molecule has 0 spiro atoms. The van der Waals surface area contributed by atoms with E-state index in [4.69, 9.17) is 4.42 Å². The molecule has 0 aliphatic rings. The Hall–Kier alpha value is -1.66. The Morgan fingerprint density at radius 1 is 1.52 bits per heavy atom. The number of amides is 1. The van der Waals surface area contributed by atoms with Gasteiger partial charge in [-0.25, -0.2) is 4.98 Å². The lowest BCUT2D eigenvalue weighted by Crippen LogP contribution is -2.33. The molecule has 1 atom stereocenters. The van der Waals surface area contributed by atoms with Gasteiger partial charge in [0.25, 0.3) is 5.91 Å². The minimum atomic E-state index is -0.530. The number of rotatable bonds is 6. The average Bonchev–Trinajstić information content (AvgIpc) is 3.04. The SMILES string of the molecule is Cc1sc(-c2ccco2)nc1C(=O)NCC(O)CC(C)C. The van der Waals surface area contributed by atoms with Gasteiger partial charge in [-0.1, -0.05) is 13.8 Å². The first-order chi connectivity index (χ1) is 9.97. The lowest BCUT2D eigenvalue weighted by atomic mass is 10.1. The number of thiazole rings is 1. The Bertz CT molecular complexity index is 590. The molecule has 0 radical (unpaired) electrons. The number of hydrogen-bond acceptors (Lipinski definition) is 5. The molecule has 0 aliphatic heterocycles. The van der Waals surface area contributed by atoms with Crippen LogP contribution in [0, 0.1) is 12.8 Å². The average molecular weight is 308 g/mol. The molecule has 6 heteroatoms. The van der Waals surface area contributed by atoms with E-state index in [-0.39, 0.29) is 12.5 Å². The van der Waals surface area contributed by atoms with Gasteiger partial charge >= 0.3 is 0 Å². The Kier molecular flexibility index (Phi) is 5.14. The Morgan fingerprint density at radius 2 is 2.29 bits per heavy atom. The first kappa shape index (κ1) is 15.7. The molecule has 0 bridgehead atoms. The number of nitrogens with one attached hydrogen (secondary N) is 1. The molecule has 2 rings (SSSR count). The standard InChI is InChI=1S/C15H20N2O3S/c1-9(2)7-11(18)8-16-14(19)13-10(3)21-15(17-13)12-5-4-6-20-12/h4-6,9,11,18H,7-8H2,1-3H3,(H,16,19). The van der Waals surface area contributed by atoms with Crippen LogP contribution in [-0.4, -0.2) is 28.6 Å².